The summed E-state index contributed by atoms with van der Waals surface area (Å²) in [6.45, 7) is 3.56. The van der Waals surface area contributed by atoms with E-state index in [0.29, 0.717) is 4.80 Å². The van der Waals surface area contributed by atoms with Gasteiger partial charge in [0, 0.05) is 25.1 Å². The molecule has 1 aromatic heterocycles. The van der Waals surface area contributed by atoms with Crippen LogP contribution in [0.4, 0.5) is 5.69 Å². The van der Waals surface area contributed by atoms with Crippen molar-refractivity contribution in [1.29, 1.82) is 0 Å². The third-order valence-electron chi connectivity index (χ3n) is 2.70. The third-order valence-corrected chi connectivity index (χ3v) is 3.80. The number of hydrogen-bond acceptors (Lipinski definition) is 4. The third kappa shape index (κ3) is 2.55. The number of nitro benzene ring substituents is 1. The Kier molecular flexibility index (Phi) is 3.48. The fourth-order valence-corrected chi connectivity index (χ4v) is 2.62. The molecule has 19 heavy (non-hydrogen) atoms. The highest BCUT2D eigenvalue weighted by atomic mass is 32.1. The topological polar surface area (TPSA) is 77.5 Å². The maximum absolute atomic E-state index is 11.6. The van der Waals surface area contributed by atoms with Crippen LogP contribution < -0.4 is 4.80 Å². The molecule has 0 aliphatic carbocycles. The van der Waals surface area contributed by atoms with E-state index < -0.39 is 4.92 Å². The van der Waals surface area contributed by atoms with Crippen LogP contribution in [0, 0.1) is 16.0 Å². The number of amides is 1. The number of benzene rings is 1. The van der Waals surface area contributed by atoms with Crippen molar-refractivity contribution in [3.8, 4) is 0 Å². The van der Waals surface area contributed by atoms with E-state index in [0.717, 1.165) is 10.2 Å². The number of aromatic nitrogens is 1. The van der Waals surface area contributed by atoms with Gasteiger partial charge in [-0.25, -0.2) is 0 Å². The molecule has 1 aromatic carbocycles. The summed E-state index contributed by atoms with van der Waals surface area (Å²) < 4.78 is 2.51. The summed E-state index contributed by atoms with van der Waals surface area (Å²) >= 11 is 1.27. The second-order valence-corrected chi connectivity index (χ2v) is 5.47. The van der Waals surface area contributed by atoms with Crippen LogP contribution in [0.3, 0.4) is 0 Å². The number of nitro groups is 1. The summed E-state index contributed by atoms with van der Waals surface area (Å²) in [6.07, 6.45) is 0. The van der Waals surface area contributed by atoms with Gasteiger partial charge in [0.25, 0.3) is 11.6 Å². The number of carbonyl (C=O) groups excluding carboxylic acids is 1. The van der Waals surface area contributed by atoms with Gasteiger partial charge in [0.05, 0.1) is 15.1 Å². The van der Waals surface area contributed by atoms with Crippen LogP contribution in [0.25, 0.3) is 10.2 Å². The zero-order chi connectivity index (χ0) is 14.2. The van der Waals surface area contributed by atoms with E-state index in [1.807, 2.05) is 0 Å². The van der Waals surface area contributed by atoms with E-state index in [4.69, 9.17) is 0 Å². The molecule has 0 bridgehead atoms. The Bertz CT molecular complexity index is 727. The molecule has 2 rings (SSSR count). The lowest BCUT2D eigenvalue weighted by Crippen LogP contribution is -2.15. The first-order valence-electron chi connectivity index (χ1n) is 5.72. The fraction of sp³-hybridized carbons (Fsp3) is 0.333. The lowest BCUT2D eigenvalue weighted by atomic mass is 10.2. The average Bonchev–Trinajstić information content (AvgIpc) is 2.65. The summed E-state index contributed by atoms with van der Waals surface area (Å²) in [7, 11) is 1.79. The predicted octanol–water partition coefficient (Wildman–Crippen LogP) is 2.23. The summed E-state index contributed by atoms with van der Waals surface area (Å²) in [5, 5.41) is 10.7. The first-order valence-corrected chi connectivity index (χ1v) is 6.54. The van der Waals surface area contributed by atoms with Crippen molar-refractivity contribution in [2.24, 2.45) is 18.0 Å². The molecule has 1 heterocycles. The lowest BCUT2D eigenvalue weighted by molar-refractivity contribution is -0.384. The van der Waals surface area contributed by atoms with Crippen molar-refractivity contribution in [1.82, 2.24) is 4.57 Å². The Morgan fingerprint density at radius 3 is 2.74 bits per heavy atom. The van der Waals surface area contributed by atoms with Crippen molar-refractivity contribution in [3.63, 3.8) is 0 Å². The number of hydrogen-bond donors (Lipinski definition) is 0. The highest BCUT2D eigenvalue weighted by Gasteiger charge is 2.11. The molecule has 100 valence electrons. The molecule has 0 spiro atoms. The quantitative estimate of drug-likeness (QED) is 0.624. The minimum absolute atomic E-state index is 0.0380. The van der Waals surface area contributed by atoms with Crippen molar-refractivity contribution >= 4 is 33.1 Å². The predicted molar refractivity (Wildman–Crippen MR) is 72.9 cm³/mol. The second kappa shape index (κ2) is 4.93. The largest absolute Gasteiger partial charge is 0.319 e. The van der Waals surface area contributed by atoms with E-state index in [2.05, 4.69) is 4.99 Å². The first kappa shape index (κ1) is 13.4. The average molecular weight is 279 g/mol. The monoisotopic (exact) mass is 279 g/mol. The van der Waals surface area contributed by atoms with E-state index in [-0.39, 0.29) is 17.5 Å². The Hall–Kier alpha value is -2.02. The van der Waals surface area contributed by atoms with Gasteiger partial charge in [-0.15, -0.1) is 0 Å². The van der Waals surface area contributed by atoms with E-state index in [1.165, 1.54) is 23.5 Å². The van der Waals surface area contributed by atoms with Crippen LogP contribution in [0.1, 0.15) is 13.8 Å². The van der Waals surface area contributed by atoms with Crippen LogP contribution >= 0.6 is 11.3 Å². The molecule has 0 N–H and O–H groups in total. The van der Waals surface area contributed by atoms with Crippen LogP contribution in [-0.4, -0.2) is 15.4 Å². The van der Waals surface area contributed by atoms with E-state index in [1.54, 1.807) is 31.5 Å². The zero-order valence-corrected chi connectivity index (χ0v) is 11.6. The van der Waals surface area contributed by atoms with Crippen molar-refractivity contribution in [2.75, 3.05) is 0 Å². The number of carbonyl (C=O) groups is 1. The molecular weight excluding hydrogens is 266 g/mol. The Labute approximate surface area is 113 Å². The van der Waals surface area contributed by atoms with Crippen LogP contribution in [0.2, 0.25) is 0 Å². The Morgan fingerprint density at radius 2 is 2.16 bits per heavy atom. The van der Waals surface area contributed by atoms with Gasteiger partial charge in [0.2, 0.25) is 0 Å². The van der Waals surface area contributed by atoms with Crippen molar-refractivity contribution < 1.29 is 9.72 Å². The molecule has 0 saturated heterocycles. The van der Waals surface area contributed by atoms with Gasteiger partial charge in [-0.2, -0.15) is 4.99 Å². The first-order chi connectivity index (χ1) is 8.90. The number of rotatable bonds is 2. The SMILES string of the molecule is CC(C)C(=O)N=c1sc2cc([N+](=O)[O-])ccc2n1C. The number of non-ortho nitro benzene ring substituents is 1. The molecule has 0 aliphatic rings. The molecule has 0 unspecified atom stereocenters. The molecule has 0 aliphatic heterocycles. The molecule has 0 fully saturated rings. The highest BCUT2D eigenvalue weighted by Crippen LogP contribution is 2.22. The number of nitrogens with zero attached hydrogens (tertiary/aromatic N) is 3. The van der Waals surface area contributed by atoms with Gasteiger partial charge < -0.3 is 4.57 Å². The van der Waals surface area contributed by atoms with Gasteiger partial charge in [-0.1, -0.05) is 25.2 Å². The number of fused-ring (bicyclic) bond motifs is 1. The summed E-state index contributed by atoms with van der Waals surface area (Å²) in [6, 6.07) is 4.62. The minimum atomic E-state index is -0.435. The second-order valence-electron chi connectivity index (χ2n) is 4.46. The minimum Gasteiger partial charge on any atom is -0.319 e. The Balaban J connectivity index is 2.63. The lowest BCUT2D eigenvalue weighted by Gasteiger charge is -1.97. The zero-order valence-electron chi connectivity index (χ0n) is 10.8. The van der Waals surface area contributed by atoms with E-state index in [9.17, 15) is 14.9 Å². The standard InChI is InChI=1S/C12H13N3O3S/c1-7(2)11(16)13-12-14(3)9-5-4-8(15(17)18)6-10(9)19-12/h4-7H,1-3H3. The van der Waals surface area contributed by atoms with Crippen LogP contribution in [0.15, 0.2) is 23.2 Å². The molecule has 6 nitrogen and oxygen atoms in total. The molecular formula is C12H13N3O3S. The normalized spacial score (nSPS) is 12.3. The summed E-state index contributed by atoms with van der Waals surface area (Å²) in [5.74, 6) is -0.365. The van der Waals surface area contributed by atoms with Crippen molar-refractivity contribution in [2.45, 2.75) is 13.8 Å². The maximum atomic E-state index is 11.6. The van der Waals surface area contributed by atoms with Gasteiger partial charge in [-0.05, 0) is 6.07 Å². The summed E-state index contributed by atoms with van der Waals surface area (Å²) in [5.41, 5.74) is 0.863. The maximum Gasteiger partial charge on any atom is 0.270 e. The molecule has 0 saturated carbocycles. The van der Waals surface area contributed by atoms with E-state index >= 15 is 0 Å². The molecule has 0 atom stereocenters. The van der Waals surface area contributed by atoms with Crippen molar-refractivity contribution in [3.05, 3.63) is 33.1 Å². The van der Waals surface area contributed by atoms with Gasteiger partial charge >= 0.3 is 0 Å². The van der Waals surface area contributed by atoms with Gasteiger partial charge in [-0.3, -0.25) is 14.9 Å². The molecule has 7 heteroatoms. The molecule has 1 amide bonds. The fourth-order valence-electron chi connectivity index (χ4n) is 1.57. The molecule has 0 radical (unpaired) electrons. The smallest absolute Gasteiger partial charge is 0.270 e. The van der Waals surface area contributed by atoms with Crippen LogP contribution in [-0.2, 0) is 11.8 Å². The highest BCUT2D eigenvalue weighted by molar-refractivity contribution is 7.16. The van der Waals surface area contributed by atoms with Crippen LogP contribution in [0.5, 0.6) is 0 Å². The van der Waals surface area contributed by atoms with Gasteiger partial charge in [0.1, 0.15) is 0 Å². The number of aryl methyl sites for hydroxylation is 1. The Morgan fingerprint density at radius 1 is 1.47 bits per heavy atom. The van der Waals surface area contributed by atoms with Gasteiger partial charge in [0.15, 0.2) is 4.80 Å². The molecule has 2 aromatic rings. The number of thiazole rings is 1. The summed E-state index contributed by atoms with van der Waals surface area (Å²) in [4.78, 5) is 26.5.